The molecule has 1 aliphatic heterocycles. The van der Waals surface area contributed by atoms with Gasteiger partial charge < -0.3 is 4.90 Å². The molecule has 2 aromatic rings. The van der Waals surface area contributed by atoms with Crippen molar-refractivity contribution in [3.8, 4) is 0 Å². The van der Waals surface area contributed by atoms with Crippen molar-refractivity contribution in [2.75, 3.05) is 18.5 Å². The first-order valence-corrected chi connectivity index (χ1v) is 10.8. The number of hydrogen-bond donors (Lipinski definition) is 0. The van der Waals surface area contributed by atoms with E-state index in [1.54, 1.807) is 11.9 Å². The lowest BCUT2D eigenvalue weighted by Crippen LogP contribution is -2.38. The zero-order valence-corrected chi connectivity index (χ0v) is 18.5. The van der Waals surface area contributed by atoms with Crippen molar-refractivity contribution >= 4 is 17.6 Å². The first kappa shape index (κ1) is 21.9. The van der Waals surface area contributed by atoms with Crippen molar-refractivity contribution in [3.05, 3.63) is 53.0 Å². The Morgan fingerprint density at radius 1 is 1.17 bits per heavy atom. The Hall–Kier alpha value is -2.76. The van der Waals surface area contributed by atoms with Crippen LogP contribution in [-0.2, 0) is 29.0 Å². The molecule has 0 aliphatic carbocycles. The fourth-order valence-corrected chi connectivity index (χ4v) is 3.71. The molecule has 1 aromatic carbocycles. The summed E-state index contributed by atoms with van der Waals surface area (Å²) < 4.78 is 0. The predicted molar refractivity (Wildman–Crippen MR) is 118 cm³/mol. The van der Waals surface area contributed by atoms with Crippen LogP contribution >= 0.6 is 0 Å². The Balaban J connectivity index is 1.71. The molecule has 0 saturated heterocycles. The van der Waals surface area contributed by atoms with E-state index in [4.69, 9.17) is 4.98 Å². The molecule has 0 unspecified atom stereocenters. The molecule has 30 heavy (non-hydrogen) atoms. The number of fused-ring (bicyclic) bond motifs is 1. The molecule has 1 aromatic heterocycles. The second-order valence-electron chi connectivity index (χ2n) is 8.49. The fourth-order valence-electron chi connectivity index (χ4n) is 3.71. The number of rotatable bonds is 8. The number of aryl methyl sites for hydroxylation is 2. The Morgan fingerprint density at radius 2 is 1.90 bits per heavy atom. The Bertz CT molecular complexity index is 896. The summed E-state index contributed by atoms with van der Waals surface area (Å²) >= 11 is 0. The minimum Gasteiger partial charge on any atom is -0.338 e. The van der Waals surface area contributed by atoms with E-state index in [-0.39, 0.29) is 11.8 Å². The van der Waals surface area contributed by atoms with Gasteiger partial charge in [0.25, 0.3) is 0 Å². The number of carbonyl (C=O) groups is 2. The van der Waals surface area contributed by atoms with E-state index in [0.29, 0.717) is 50.5 Å². The molecule has 0 N–H and O–H groups in total. The fraction of sp³-hybridized carbons (Fsp3) is 0.500. The molecule has 0 atom stereocenters. The second kappa shape index (κ2) is 9.83. The van der Waals surface area contributed by atoms with E-state index in [9.17, 15) is 9.59 Å². The molecule has 0 fully saturated rings. The van der Waals surface area contributed by atoms with Gasteiger partial charge in [-0.3, -0.25) is 14.5 Å². The maximum Gasteiger partial charge on any atom is 0.228 e. The smallest absolute Gasteiger partial charge is 0.228 e. The molecule has 0 saturated carbocycles. The first-order chi connectivity index (χ1) is 14.3. The summed E-state index contributed by atoms with van der Waals surface area (Å²) in [5.74, 6) is 2.02. The minimum atomic E-state index is 0.0607. The highest BCUT2D eigenvalue weighted by atomic mass is 16.2. The lowest BCUT2D eigenvalue weighted by atomic mass is 10.0. The van der Waals surface area contributed by atoms with Crippen LogP contribution in [0.5, 0.6) is 0 Å². The molecule has 0 bridgehead atoms. The quantitative estimate of drug-likeness (QED) is 0.668. The third-order valence-corrected chi connectivity index (χ3v) is 5.59. The van der Waals surface area contributed by atoms with Gasteiger partial charge >= 0.3 is 0 Å². The molecule has 6 nitrogen and oxygen atoms in total. The average Bonchev–Trinajstić information content (AvgIpc) is 2.71. The van der Waals surface area contributed by atoms with Crippen molar-refractivity contribution in [2.24, 2.45) is 5.92 Å². The number of benzene rings is 1. The molecule has 6 heteroatoms. The molecule has 2 heterocycles. The molecule has 1 aliphatic rings. The van der Waals surface area contributed by atoms with Crippen LogP contribution in [0.15, 0.2) is 30.3 Å². The topological polar surface area (TPSA) is 66.4 Å². The summed E-state index contributed by atoms with van der Waals surface area (Å²) in [7, 11) is 1.78. The molecule has 0 spiro atoms. The number of aromatic nitrogens is 2. The summed E-state index contributed by atoms with van der Waals surface area (Å²) in [4.78, 5) is 38.0. The van der Waals surface area contributed by atoms with E-state index in [0.717, 1.165) is 29.1 Å². The molecule has 160 valence electrons. The number of hydrogen-bond acceptors (Lipinski definition) is 4. The Kier molecular flexibility index (Phi) is 7.19. The van der Waals surface area contributed by atoms with Crippen LogP contribution in [0.2, 0.25) is 0 Å². The number of anilines is 1. The van der Waals surface area contributed by atoms with Crippen molar-refractivity contribution in [1.29, 1.82) is 0 Å². The number of amides is 2. The van der Waals surface area contributed by atoms with Gasteiger partial charge in [-0.05, 0) is 37.7 Å². The van der Waals surface area contributed by atoms with Gasteiger partial charge in [-0.2, -0.15) is 0 Å². The third-order valence-electron chi connectivity index (χ3n) is 5.59. The van der Waals surface area contributed by atoms with Crippen LogP contribution in [0.4, 0.5) is 5.82 Å². The Labute approximate surface area is 179 Å². The minimum absolute atomic E-state index is 0.0607. The lowest BCUT2D eigenvalue weighted by Gasteiger charge is -2.30. The van der Waals surface area contributed by atoms with Crippen LogP contribution in [0.1, 0.15) is 55.8 Å². The summed E-state index contributed by atoms with van der Waals surface area (Å²) in [6.07, 6.45) is 3.28. The van der Waals surface area contributed by atoms with Crippen LogP contribution in [0.3, 0.4) is 0 Å². The summed E-state index contributed by atoms with van der Waals surface area (Å²) in [5.41, 5.74) is 3.11. The average molecular weight is 409 g/mol. The number of carbonyl (C=O) groups excluding carboxylic acids is 2. The number of nitrogens with zero attached hydrogens (tertiary/aromatic N) is 4. The van der Waals surface area contributed by atoms with Gasteiger partial charge in [0.15, 0.2) is 0 Å². The maximum atomic E-state index is 12.6. The molecule has 2 amide bonds. The monoisotopic (exact) mass is 408 g/mol. The Morgan fingerprint density at radius 3 is 2.60 bits per heavy atom. The van der Waals surface area contributed by atoms with Gasteiger partial charge in [-0.15, -0.1) is 0 Å². The molecule has 0 radical (unpaired) electrons. The SMILES string of the molecule is Cc1nc(CN(C)C(=O)CCc2ccccc2)nc2c1CCC(=O)N2CCC(C)C. The maximum absolute atomic E-state index is 12.6. The lowest BCUT2D eigenvalue weighted by molar-refractivity contribution is -0.130. The van der Waals surface area contributed by atoms with Crippen molar-refractivity contribution in [3.63, 3.8) is 0 Å². The molecular weight excluding hydrogens is 376 g/mol. The van der Waals surface area contributed by atoms with E-state index in [1.807, 2.05) is 42.2 Å². The van der Waals surface area contributed by atoms with E-state index >= 15 is 0 Å². The summed E-state index contributed by atoms with van der Waals surface area (Å²) in [6, 6.07) is 10.0. The first-order valence-electron chi connectivity index (χ1n) is 10.8. The van der Waals surface area contributed by atoms with Crippen molar-refractivity contribution < 1.29 is 9.59 Å². The van der Waals surface area contributed by atoms with Gasteiger partial charge in [0.1, 0.15) is 11.6 Å². The van der Waals surface area contributed by atoms with Gasteiger partial charge in [0.05, 0.1) is 6.54 Å². The van der Waals surface area contributed by atoms with Crippen LogP contribution < -0.4 is 4.90 Å². The molecular formula is C24H32N4O2. The van der Waals surface area contributed by atoms with Crippen molar-refractivity contribution in [2.45, 2.75) is 59.4 Å². The second-order valence-corrected chi connectivity index (χ2v) is 8.49. The zero-order chi connectivity index (χ0) is 21.7. The van der Waals surface area contributed by atoms with Gasteiger partial charge in [-0.1, -0.05) is 44.2 Å². The summed E-state index contributed by atoms with van der Waals surface area (Å²) in [5, 5.41) is 0. The van der Waals surface area contributed by atoms with Crippen LogP contribution in [0, 0.1) is 12.8 Å². The normalized spacial score (nSPS) is 13.5. The van der Waals surface area contributed by atoms with E-state index in [2.05, 4.69) is 18.8 Å². The predicted octanol–water partition coefficient (Wildman–Crippen LogP) is 3.70. The van der Waals surface area contributed by atoms with Crippen LogP contribution in [0.25, 0.3) is 0 Å². The third kappa shape index (κ3) is 5.43. The van der Waals surface area contributed by atoms with Crippen molar-refractivity contribution in [1.82, 2.24) is 14.9 Å². The highest BCUT2D eigenvalue weighted by molar-refractivity contribution is 5.95. The van der Waals surface area contributed by atoms with Gasteiger partial charge in [0.2, 0.25) is 11.8 Å². The van der Waals surface area contributed by atoms with Gasteiger partial charge in [-0.25, -0.2) is 9.97 Å². The standard InChI is InChI=1S/C24H32N4O2/c1-17(2)14-15-28-23(30)13-11-20-18(3)25-21(26-24(20)28)16-27(4)22(29)12-10-19-8-6-5-7-9-19/h5-9,17H,10-16H2,1-4H3. The molecule has 3 rings (SSSR count). The largest absolute Gasteiger partial charge is 0.338 e. The zero-order valence-electron chi connectivity index (χ0n) is 18.5. The highest BCUT2D eigenvalue weighted by Crippen LogP contribution is 2.28. The highest BCUT2D eigenvalue weighted by Gasteiger charge is 2.28. The van der Waals surface area contributed by atoms with E-state index in [1.165, 1.54) is 0 Å². The summed E-state index contributed by atoms with van der Waals surface area (Å²) in [6.45, 7) is 7.29. The van der Waals surface area contributed by atoms with Gasteiger partial charge in [0, 0.05) is 37.7 Å². The van der Waals surface area contributed by atoms with E-state index < -0.39 is 0 Å². The van der Waals surface area contributed by atoms with Crippen LogP contribution in [-0.4, -0.2) is 40.3 Å².